The maximum atomic E-state index is 12.4. The van der Waals surface area contributed by atoms with Gasteiger partial charge in [-0.05, 0) is 30.7 Å². The first-order valence-corrected chi connectivity index (χ1v) is 7.71. The van der Waals surface area contributed by atoms with Crippen molar-refractivity contribution in [3.8, 4) is 0 Å². The number of hydrogen-bond acceptors (Lipinski definition) is 3. The molecular weight excluding hydrogens is 340 g/mol. The number of hydrogen-bond donors (Lipinski definition) is 1. The lowest BCUT2D eigenvalue weighted by molar-refractivity contribution is 0.360. The fourth-order valence-electron chi connectivity index (χ4n) is 1.89. The molecule has 0 atom stereocenters. The Morgan fingerprint density at radius 2 is 1.83 bits per heavy atom. The molecule has 0 amide bonds. The maximum absolute atomic E-state index is 12.4. The van der Waals surface area contributed by atoms with Crippen molar-refractivity contribution < 1.29 is 8.42 Å². The molecule has 18 heavy (non-hydrogen) atoms. The lowest BCUT2D eigenvalue weighted by atomic mass is 10.2. The minimum atomic E-state index is -3.34. The molecule has 0 aliphatic carbocycles. The van der Waals surface area contributed by atoms with Gasteiger partial charge in [0.1, 0.15) is 0 Å². The van der Waals surface area contributed by atoms with E-state index in [2.05, 4.69) is 21.2 Å². The van der Waals surface area contributed by atoms with Gasteiger partial charge in [0.2, 0.25) is 10.0 Å². The quantitative estimate of drug-likeness (QED) is 0.879. The molecule has 0 aromatic heterocycles. The molecule has 1 fully saturated rings. The summed E-state index contributed by atoms with van der Waals surface area (Å²) in [5.74, 6) is 0. The van der Waals surface area contributed by atoms with Crippen LogP contribution in [-0.2, 0) is 10.0 Å². The molecule has 2 rings (SSSR count). The largest absolute Gasteiger partial charge is 0.314 e. The molecule has 7 heteroatoms. The summed E-state index contributed by atoms with van der Waals surface area (Å²) in [5, 5.41) is 3.15. The van der Waals surface area contributed by atoms with E-state index in [0.29, 0.717) is 31.1 Å². The number of nitrogens with one attached hydrogen (secondary N) is 1. The standard InChI is InChI=1S/C11H15BrN2O2S.ClH/c1-9-6-10(12)8-11(7-9)17(15,16)14-4-2-13-3-5-14;/h6-8,13H,2-5H2,1H3;1H. The number of nitrogens with zero attached hydrogens (tertiary/aromatic N) is 1. The van der Waals surface area contributed by atoms with Gasteiger partial charge in [-0.15, -0.1) is 12.4 Å². The van der Waals surface area contributed by atoms with Crippen LogP contribution in [0.15, 0.2) is 27.6 Å². The third kappa shape index (κ3) is 3.45. The number of sulfonamides is 1. The second-order valence-electron chi connectivity index (χ2n) is 4.12. The van der Waals surface area contributed by atoms with Gasteiger partial charge in [-0.2, -0.15) is 4.31 Å². The Balaban J connectivity index is 0.00000162. The van der Waals surface area contributed by atoms with Crippen molar-refractivity contribution in [2.75, 3.05) is 26.2 Å². The summed E-state index contributed by atoms with van der Waals surface area (Å²) in [6.07, 6.45) is 0. The highest BCUT2D eigenvalue weighted by Crippen LogP contribution is 2.22. The fraction of sp³-hybridized carbons (Fsp3) is 0.455. The van der Waals surface area contributed by atoms with Crippen LogP contribution in [-0.4, -0.2) is 38.9 Å². The molecule has 0 radical (unpaired) electrons. The van der Waals surface area contributed by atoms with E-state index in [4.69, 9.17) is 0 Å². The monoisotopic (exact) mass is 354 g/mol. The number of halogens is 2. The summed E-state index contributed by atoms with van der Waals surface area (Å²) in [7, 11) is -3.34. The highest BCUT2D eigenvalue weighted by molar-refractivity contribution is 9.10. The summed E-state index contributed by atoms with van der Waals surface area (Å²) in [4.78, 5) is 0.367. The third-order valence-corrected chi connectivity index (χ3v) is 5.06. The number of rotatable bonds is 2. The summed E-state index contributed by atoms with van der Waals surface area (Å²) < 4.78 is 27.1. The Kier molecular flexibility index (Phi) is 5.61. The Hall–Kier alpha value is -0.140. The molecule has 1 aliphatic rings. The molecule has 0 saturated carbocycles. The predicted molar refractivity (Wildman–Crippen MR) is 77.8 cm³/mol. The van der Waals surface area contributed by atoms with Crippen LogP contribution in [0.5, 0.6) is 0 Å². The van der Waals surface area contributed by atoms with E-state index in [1.54, 1.807) is 12.1 Å². The Labute approximate surface area is 122 Å². The molecule has 4 nitrogen and oxygen atoms in total. The molecule has 1 saturated heterocycles. The van der Waals surface area contributed by atoms with Crippen molar-refractivity contribution in [2.24, 2.45) is 0 Å². The highest BCUT2D eigenvalue weighted by Gasteiger charge is 2.25. The van der Waals surface area contributed by atoms with Gasteiger partial charge in [-0.1, -0.05) is 15.9 Å². The molecular formula is C11H16BrClN2O2S. The maximum Gasteiger partial charge on any atom is 0.243 e. The summed E-state index contributed by atoms with van der Waals surface area (Å²) in [6, 6.07) is 5.27. The van der Waals surface area contributed by atoms with Gasteiger partial charge < -0.3 is 5.32 Å². The van der Waals surface area contributed by atoms with Crippen molar-refractivity contribution in [1.29, 1.82) is 0 Å². The van der Waals surface area contributed by atoms with Crippen molar-refractivity contribution in [3.63, 3.8) is 0 Å². The van der Waals surface area contributed by atoms with Gasteiger partial charge in [0, 0.05) is 30.7 Å². The van der Waals surface area contributed by atoms with E-state index in [1.165, 1.54) is 4.31 Å². The van der Waals surface area contributed by atoms with Crippen molar-refractivity contribution in [3.05, 3.63) is 28.2 Å². The van der Waals surface area contributed by atoms with E-state index in [1.807, 2.05) is 13.0 Å². The SMILES string of the molecule is Cc1cc(Br)cc(S(=O)(=O)N2CCNCC2)c1.Cl. The van der Waals surface area contributed by atoms with Crippen LogP contribution in [0.1, 0.15) is 5.56 Å². The Morgan fingerprint density at radius 3 is 2.39 bits per heavy atom. The third-order valence-electron chi connectivity index (χ3n) is 2.73. The summed E-state index contributed by atoms with van der Waals surface area (Å²) >= 11 is 3.33. The van der Waals surface area contributed by atoms with E-state index in [-0.39, 0.29) is 12.4 Å². The molecule has 0 spiro atoms. The van der Waals surface area contributed by atoms with Crippen LogP contribution in [0.4, 0.5) is 0 Å². The zero-order chi connectivity index (χ0) is 12.5. The molecule has 1 aliphatic heterocycles. The van der Waals surface area contributed by atoms with Gasteiger partial charge in [-0.25, -0.2) is 8.42 Å². The highest BCUT2D eigenvalue weighted by atomic mass is 79.9. The minimum Gasteiger partial charge on any atom is -0.314 e. The summed E-state index contributed by atoms with van der Waals surface area (Å²) in [6.45, 7) is 4.39. The van der Waals surface area contributed by atoms with E-state index >= 15 is 0 Å². The van der Waals surface area contributed by atoms with Gasteiger partial charge in [-0.3, -0.25) is 0 Å². The predicted octanol–water partition coefficient (Wildman–Crippen LogP) is 1.77. The summed E-state index contributed by atoms with van der Waals surface area (Å²) in [5.41, 5.74) is 0.938. The van der Waals surface area contributed by atoms with Gasteiger partial charge in [0.25, 0.3) is 0 Å². The average Bonchev–Trinajstić information content (AvgIpc) is 2.29. The van der Waals surface area contributed by atoms with E-state index in [0.717, 1.165) is 10.0 Å². The molecule has 102 valence electrons. The number of aryl methyl sites for hydroxylation is 1. The Morgan fingerprint density at radius 1 is 1.22 bits per heavy atom. The van der Waals surface area contributed by atoms with Crippen LogP contribution in [0.2, 0.25) is 0 Å². The van der Waals surface area contributed by atoms with Gasteiger partial charge in [0.05, 0.1) is 4.90 Å². The molecule has 1 N–H and O–H groups in total. The second-order valence-corrected chi connectivity index (χ2v) is 6.97. The van der Waals surface area contributed by atoms with Crippen molar-refractivity contribution in [2.45, 2.75) is 11.8 Å². The van der Waals surface area contributed by atoms with E-state index in [9.17, 15) is 8.42 Å². The van der Waals surface area contributed by atoms with Crippen LogP contribution in [0, 0.1) is 6.92 Å². The topological polar surface area (TPSA) is 49.4 Å². The van der Waals surface area contributed by atoms with Gasteiger partial charge in [0.15, 0.2) is 0 Å². The molecule has 1 heterocycles. The first-order chi connectivity index (χ1) is 8.00. The lowest BCUT2D eigenvalue weighted by Gasteiger charge is -2.26. The molecule has 0 bridgehead atoms. The fourth-order valence-corrected chi connectivity index (χ4v) is 4.22. The smallest absolute Gasteiger partial charge is 0.243 e. The Bertz CT molecular complexity index is 496. The molecule has 0 unspecified atom stereocenters. The first kappa shape index (κ1) is 15.9. The minimum absolute atomic E-state index is 0. The molecule has 1 aromatic rings. The van der Waals surface area contributed by atoms with Crippen LogP contribution in [0.25, 0.3) is 0 Å². The van der Waals surface area contributed by atoms with Crippen molar-refractivity contribution >= 4 is 38.4 Å². The molecule has 1 aromatic carbocycles. The lowest BCUT2D eigenvalue weighted by Crippen LogP contribution is -2.46. The van der Waals surface area contributed by atoms with Crippen LogP contribution in [0.3, 0.4) is 0 Å². The average molecular weight is 356 g/mol. The number of piperazine rings is 1. The normalized spacial score (nSPS) is 17.2. The second kappa shape index (κ2) is 6.34. The van der Waals surface area contributed by atoms with E-state index < -0.39 is 10.0 Å². The van der Waals surface area contributed by atoms with Crippen LogP contribution >= 0.6 is 28.3 Å². The zero-order valence-electron chi connectivity index (χ0n) is 10.0. The number of benzene rings is 1. The van der Waals surface area contributed by atoms with Crippen LogP contribution < -0.4 is 5.32 Å². The zero-order valence-corrected chi connectivity index (χ0v) is 13.2. The van der Waals surface area contributed by atoms with Gasteiger partial charge >= 0.3 is 0 Å². The van der Waals surface area contributed by atoms with Crippen molar-refractivity contribution in [1.82, 2.24) is 9.62 Å². The first-order valence-electron chi connectivity index (χ1n) is 5.48.